The fourth-order valence-electron chi connectivity index (χ4n) is 3.75. The fourth-order valence-corrected chi connectivity index (χ4v) is 3.92. The third-order valence-electron chi connectivity index (χ3n) is 5.42. The minimum atomic E-state index is 0.0311. The quantitative estimate of drug-likeness (QED) is 0.369. The van der Waals surface area contributed by atoms with E-state index in [1.165, 1.54) is 4.52 Å². The van der Waals surface area contributed by atoms with Gasteiger partial charge >= 0.3 is 0 Å². The van der Waals surface area contributed by atoms with Gasteiger partial charge < -0.3 is 10.4 Å². The van der Waals surface area contributed by atoms with Gasteiger partial charge in [0.05, 0.1) is 5.69 Å². The molecule has 3 heterocycles. The zero-order valence-corrected chi connectivity index (χ0v) is 18.7. The van der Waals surface area contributed by atoms with Crippen molar-refractivity contribution < 1.29 is 5.11 Å². The Morgan fingerprint density at radius 2 is 1.79 bits per heavy atom. The number of benzene rings is 2. The highest BCUT2D eigenvalue weighted by molar-refractivity contribution is 6.30. The zero-order chi connectivity index (χ0) is 22.8. The maximum absolute atomic E-state index is 10.9. The first-order chi connectivity index (χ1) is 16.1. The van der Waals surface area contributed by atoms with Gasteiger partial charge in [-0.25, -0.2) is 4.98 Å². The Balaban J connectivity index is 1.48. The largest absolute Gasteiger partial charge is 0.493 e. The Morgan fingerprint density at radius 3 is 2.58 bits per heavy atom. The Kier molecular flexibility index (Phi) is 5.62. The van der Waals surface area contributed by atoms with Crippen molar-refractivity contribution in [2.75, 3.05) is 5.32 Å². The second kappa shape index (κ2) is 8.88. The molecule has 0 bridgehead atoms. The van der Waals surface area contributed by atoms with Gasteiger partial charge in [0.15, 0.2) is 0 Å². The van der Waals surface area contributed by atoms with E-state index in [-0.39, 0.29) is 5.88 Å². The molecule has 0 aliphatic heterocycles. The van der Waals surface area contributed by atoms with Crippen LogP contribution in [0.3, 0.4) is 0 Å². The second-order valence-corrected chi connectivity index (χ2v) is 8.21. The third-order valence-corrected chi connectivity index (χ3v) is 5.66. The maximum Gasteiger partial charge on any atom is 0.257 e. The summed E-state index contributed by atoms with van der Waals surface area (Å²) in [6, 6.07) is 19.5. The van der Waals surface area contributed by atoms with E-state index in [1.807, 2.05) is 73.8 Å². The lowest BCUT2D eigenvalue weighted by atomic mass is 10.0. The van der Waals surface area contributed by atoms with Crippen LogP contribution in [0.4, 0.5) is 11.6 Å². The zero-order valence-electron chi connectivity index (χ0n) is 17.9. The van der Waals surface area contributed by atoms with E-state index in [4.69, 9.17) is 11.6 Å². The molecule has 5 rings (SSSR count). The highest BCUT2D eigenvalue weighted by Gasteiger charge is 2.17. The van der Waals surface area contributed by atoms with E-state index in [9.17, 15) is 5.11 Å². The molecule has 2 N–H and O–H groups in total. The van der Waals surface area contributed by atoms with E-state index in [1.54, 1.807) is 6.20 Å². The molecule has 0 atom stereocenters. The van der Waals surface area contributed by atoms with Gasteiger partial charge in [-0.05, 0) is 41.8 Å². The van der Waals surface area contributed by atoms with Crippen LogP contribution in [0.1, 0.15) is 27.9 Å². The van der Waals surface area contributed by atoms with Crippen molar-refractivity contribution in [2.45, 2.75) is 19.8 Å². The number of hydrogen-bond acceptors (Lipinski definition) is 6. The number of aryl methyl sites for hydroxylation is 1. The summed E-state index contributed by atoms with van der Waals surface area (Å²) >= 11 is 6.26. The molecular weight excluding hydrogens is 436 g/mol. The monoisotopic (exact) mass is 456 g/mol. The van der Waals surface area contributed by atoms with Gasteiger partial charge in [0, 0.05) is 41.5 Å². The Hall–Kier alpha value is -3.97. The molecule has 8 heteroatoms. The average molecular weight is 457 g/mol. The van der Waals surface area contributed by atoms with Crippen LogP contribution < -0.4 is 5.32 Å². The van der Waals surface area contributed by atoms with Crippen molar-refractivity contribution in [3.05, 3.63) is 106 Å². The summed E-state index contributed by atoms with van der Waals surface area (Å²) in [5.74, 6) is 0.674. The maximum atomic E-state index is 10.9. The van der Waals surface area contributed by atoms with E-state index >= 15 is 0 Å². The number of nitrogens with one attached hydrogen (secondary N) is 1. The number of aromatic nitrogens is 5. The third kappa shape index (κ3) is 4.49. The fraction of sp³-hybridized carbons (Fsp3) is 0.120. The first kappa shape index (κ1) is 20.9. The molecule has 0 radical (unpaired) electrons. The number of rotatable bonds is 6. The standard InChI is InChI=1S/C25H21ClN6O/c1-16-21(13-17-6-3-2-4-7-17)23(33)32-25(28-16)30-24(31-32)29-22-14-20(26)10-9-19(22)12-18-8-5-11-27-15-18/h2-11,14-15,33H,12-13H2,1H3,(H,29,31). The van der Waals surface area contributed by atoms with E-state index < -0.39 is 0 Å². The summed E-state index contributed by atoms with van der Waals surface area (Å²) in [5, 5.41) is 19.2. The lowest BCUT2D eigenvalue weighted by Gasteiger charge is -2.10. The van der Waals surface area contributed by atoms with Crippen molar-refractivity contribution in [2.24, 2.45) is 0 Å². The summed E-state index contributed by atoms with van der Waals surface area (Å²) in [4.78, 5) is 13.2. The summed E-state index contributed by atoms with van der Waals surface area (Å²) in [5.41, 5.74) is 5.38. The second-order valence-electron chi connectivity index (χ2n) is 7.77. The number of nitrogens with zero attached hydrogens (tertiary/aromatic N) is 5. The number of aromatic hydroxyl groups is 1. The van der Waals surface area contributed by atoms with Gasteiger partial charge in [-0.3, -0.25) is 4.98 Å². The number of halogens is 1. The molecule has 164 valence electrons. The van der Waals surface area contributed by atoms with Crippen LogP contribution in [0.25, 0.3) is 5.78 Å². The van der Waals surface area contributed by atoms with Crippen molar-refractivity contribution in [1.29, 1.82) is 0 Å². The highest BCUT2D eigenvalue weighted by Crippen LogP contribution is 2.28. The van der Waals surface area contributed by atoms with E-state index in [0.717, 1.165) is 22.4 Å². The first-order valence-electron chi connectivity index (χ1n) is 10.5. The van der Waals surface area contributed by atoms with Gasteiger partial charge in [0.25, 0.3) is 5.78 Å². The topological polar surface area (TPSA) is 88.2 Å². The molecule has 0 spiro atoms. The van der Waals surface area contributed by atoms with Crippen molar-refractivity contribution >= 4 is 29.0 Å². The number of fused-ring (bicyclic) bond motifs is 1. The summed E-state index contributed by atoms with van der Waals surface area (Å²) in [7, 11) is 0. The van der Waals surface area contributed by atoms with Gasteiger partial charge in [0.1, 0.15) is 0 Å². The number of anilines is 2. The minimum absolute atomic E-state index is 0.0311. The molecule has 0 amide bonds. The normalized spacial score (nSPS) is 11.1. The molecule has 0 unspecified atom stereocenters. The molecule has 33 heavy (non-hydrogen) atoms. The number of pyridine rings is 1. The van der Waals surface area contributed by atoms with Crippen LogP contribution in [0.2, 0.25) is 5.02 Å². The lowest BCUT2D eigenvalue weighted by molar-refractivity contribution is 0.428. The van der Waals surface area contributed by atoms with Gasteiger partial charge in [-0.2, -0.15) is 9.50 Å². The first-order valence-corrected chi connectivity index (χ1v) is 10.9. The number of hydrogen-bond donors (Lipinski definition) is 2. The van der Waals surface area contributed by atoms with Gasteiger partial charge in [-0.1, -0.05) is 54.1 Å². The van der Waals surface area contributed by atoms with Crippen molar-refractivity contribution in [3.8, 4) is 5.88 Å². The van der Waals surface area contributed by atoms with E-state index in [2.05, 4.69) is 25.4 Å². The minimum Gasteiger partial charge on any atom is -0.493 e. The molecule has 2 aromatic carbocycles. The Morgan fingerprint density at radius 1 is 0.970 bits per heavy atom. The Bertz CT molecular complexity index is 1420. The van der Waals surface area contributed by atoms with Gasteiger partial charge in [-0.15, -0.1) is 5.10 Å². The molecule has 7 nitrogen and oxygen atoms in total. The summed E-state index contributed by atoms with van der Waals surface area (Å²) in [6.45, 7) is 1.86. The van der Waals surface area contributed by atoms with E-state index in [0.29, 0.717) is 40.8 Å². The van der Waals surface area contributed by atoms with Crippen LogP contribution in [-0.2, 0) is 12.8 Å². The van der Waals surface area contributed by atoms with Crippen LogP contribution in [0, 0.1) is 6.92 Å². The highest BCUT2D eigenvalue weighted by atomic mass is 35.5. The van der Waals surface area contributed by atoms with Crippen LogP contribution in [0.5, 0.6) is 5.88 Å². The average Bonchev–Trinajstić information content (AvgIpc) is 3.22. The summed E-state index contributed by atoms with van der Waals surface area (Å²) in [6.07, 6.45) is 4.80. The van der Waals surface area contributed by atoms with Gasteiger partial charge in [0.2, 0.25) is 11.8 Å². The smallest absolute Gasteiger partial charge is 0.257 e. The molecule has 3 aromatic heterocycles. The Labute approximate surface area is 195 Å². The van der Waals surface area contributed by atoms with Crippen molar-refractivity contribution in [3.63, 3.8) is 0 Å². The van der Waals surface area contributed by atoms with Crippen LogP contribution in [0.15, 0.2) is 73.1 Å². The molecule has 5 aromatic rings. The van der Waals surface area contributed by atoms with Crippen LogP contribution >= 0.6 is 11.6 Å². The molecule has 0 fully saturated rings. The molecular formula is C25H21ClN6O. The summed E-state index contributed by atoms with van der Waals surface area (Å²) < 4.78 is 1.36. The lowest BCUT2D eigenvalue weighted by Crippen LogP contribution is -2.02. The molecule has 0 aliphatic rings. The molecule has 0 saturated carbocycles. The predicted octanol–water partition coefficient (Wildman–Crippen LogP) is 5.11. The predicted molar refractivity (Wildman–Crippen MR) is 128 cm³/mol. The van der Waals surface area contributed by atoms with Crippen LogP contribution in [-0.4, -0.2) is 29.7 Å². The van der Waals surface area contributed by atoms with Crippen molar-refractivity contribution in [1.82, 2.24) is 24.6 Å². The molecule has 0 aliphatic carbocycles. The molecule has 0 saturated heterocycles. The SMILES string of the molecule is Cc1nc2nc(Nc3cc(Cl)ccc3Cc3cccnc3)nn2c(O)c1Cc1ccccc1.